The first-order valence-corrected chi connectivity index (χ1v) is 9.34. The summed E-state index contributed by atoms with van der Waals surface area (Å²) in [6, 6.07) is 3.79. The molecule has 2 aliphatic rings. The van der Waals surface area contributed by atoms with Crippen molar-refractivity contribution in [2.75, 3.05) is 33.2 Å². The van der Waals surface area contributed by atoms with Gasteiger partial charge >= 0.3 is 0 Å². The number of nitrogens with one attached hydrogen (secondary N) is 1. The Labute approximate surface area is 162 Å². The van der Waals surface area contributed by atoms with Crippen LogP contribution in [0, 0.1) is 5.92 Å². The summed E-state index contributed by atoms with van der Waals surface area (Å²) in [6.45, 7) is 2.72. The van der Waals surface area contributed by atoms with Crippen LogP contribution in [0.15, 0.2) is 21.2 Å². The van der Waals surface area contributed by atoms with Crippen molar-refractivity contribution >= 4 is 40.2 Å². The second-order valence-corrected chi connectivity index (χ2v) is 7.55. The molecule has 2 amide bonds. The Balaban J connectivity index is 0.00000225. The van der Waals surface area contributed by atoms with Gasteiger partial charge in [-0.25, -0.2) is 0 Å². The van der Waals surface area contributed by atoms with E-state index in [-0.39, 0.29) is 36.5 Å². The zero-order valence-electron chi connectivity index (χ0n) is 14.4. The molecule has 1 aliphatic heterocycles. The third-order valence-corrected chi connectivity index (χ3v) is 5.17. The van der Waals surface area contributed by atoms with E-state index in [0.717, 1.165) is 38.4 Å². The molecule has 0 aromatic carbocycles. The molecule has 2 fully saturated rings. The number of piperidine rings is 1. The Morgan fingerprint density at radius 3 is 2.52 bits per heavy atom. The van der Waals surface area contributed by atoms with Crippen LogP contribution in [0.4, 0.5) is 0 Å². The smallest absolute Gasteiger partial charge is 0.289 e. The third-order valence-electron chi connectivity index (χ3n) is 4.74. The van der Waals surface area contributed by atoms with Gasteiger partial charge in [0, 0.05) is 26.2 Å². The molecule has 0 unspecified atom stereocenters. The maximum absolute atomic E-state index is 12.4. The standard InChI is InChI=1S/C17H24BrN3O3.ClH/c1-20(17(23)14-4-5-15(18)24-14)11-16(22)21-8-6-13(7-9-21)19-10-12-2-3-12;/h4-5,12-13,19H,2-3,6-11H2,1H3;1H. The number of furan rings is 1. The molecule has 140 valence electrons. The second kappa shape index (κ2) is 9.05. The van der Waals surface area contributed by atoms with Crippen molar-refractivity contribution in [2.45, 2.75) is 31.7 Å². The number of likely N-dealkylation sites (N-methyl/N-ethyl adjacent to an activating group) is 1. The van der Waals surface area contributed by atoms with E-state index >= 15 is 0 Å². The lowest BCUT2D eigenvalue weighted by Gasteiger charge is -2.33. The van der Waals surface area contributed by atoms with Crippen molar-refractivity contribution in [3.8, 4) is 0 Å². The number of carbonyl (C=O) groups excluding carboxylic acids is 2. The fourth-order valence-electron chi connectivity index (χ4n) is 2.98. The lowest BCUT2D eigenvalue weighted by molar-refractivity contribution is -0.132. The van der Waals surface area contributed by atoms with E-state index in [0.29, 0.717) is 10.7 Å². The highest BCUT2D eigenvalue weighted by Crippen LogP contribution is 2.28. The van der Waals surface area contributed by atoms with Crippen LogP contribution in [-0.4, -0.2) is 60.9 Å². The van der Waals surface area contributed by atoms with Crippen LogP contribution in [0.25, 0.3) is 0 Å². The summed E-state index contributed by atoms with van der Waals surface area (Å²) in [7, 11) is 1.63. The Kier molecular flexibility index (Phi) is 7.34. The first kappa shape index (κ1) is 20.3. The minimum atomic E-state index is -0.282. The maximum atomic E-state index is 12.4. The molecule has 8 heteroatoms. The molecule has 1 saturated carbocycles. The number of amides is 2. The molecular weight excluding hydrogens is 410 g/mol. The van der Waals surface area contributed by atoms with Gasteiger partial charge in [0.2, 0.25) is 5.91 Å². The Hall–Kier alpha value is -1.05. The third kappa shape index (κ3) is 5.72. The van der Waals surface area contributed by atoms with E-state index in [1.807, 2.05) is 4.90 Å². The van der Waals surface area contributed by atoms with Crippen LogP contribution in [0.5, 0.6) is 0 Å². The van der Waals surface area contributed by atoms with Crippen LogP contribution in [0.2, 0.25) is 0 Å². The van der Waals surface area contributed by atoms with Gasteiger partial charge in [0.1, 0.15) is 0 Å². The van der Waals surface area contributed by atoms with E-state index < -0.39 is 0 Å². The molecule has 0 radical (unpaired) electrons. The molecule has 0 spiro atoms. The number of carbonyl (C=O) groups is 2. The molecule has 1 aliphatic carbocycles. The topological polar surface area (TPSA) is 65.8 Å². The molecular formula is C17H25BrClN3O3. The molecule has 1 aromatic heterocycles. The zero-order valence-corrected chi connectivity index (χ0v) is 16.8. The average molecular weight is 435 g/mol. The predicted molar refractivity (Wildman–Crippen MR) is 101 cm³/mol. The van der Waals surface area contributed by atoms with Gasteiger partial charge in [-0.15, -0.1) is 12.4 Å². The van der Waals surface area contributed by atoms with Gasteiger partial charge in [0.05, 0.1) is 6.54 Å². The Morgan fingerprint density at radius 2 is 1.96 bits per heavy atom. The summed E-state index contributed by atoms with van der Waals surface area (Å²) >= 11 is 3.18. The number of nitrogens with zero attached hydrogens (tertiary/aromatic N) is 2. The van der Waals surface area contributed by atoms with Crippen molar-refractivity contribution in [1.29, 1.82) is 0 Å². The van der Waals surface area contributed by atoms with Crippen molar-refractivity contribution in [1.82, 2.24) is 15.1 Å². The molecule has 1 saturated heterocycles. The summed E-state index contributed by atoms with van der Waals surface area (Å²) in [5.41, 5.74) is 0. The van der Waals surface area contributed by atoms with Gasteiger partial charge in [-0.05, 0) is 66.2 Å². The Bertz CT molecular complexity index is 598. The van der Waals surface area contributed by atoms with Crippen LogP contribution < -0.4 is 5.32 Å². The number of hydrogen-bond acceptors (Lipinski definition) is 4. The lowest BCUT2D eigenvalue weighted by atomic mass is 10.0. The molecule has 1 aromatic rings. The number of halogens is 2. The van der Waals surface area contributed by atoms with Crippen molar-refractivity contribution in [2.24, 2.45) is 5.92 Å². The summed E-state index contributed by atoms with van der Waals surface area (Å²) in [5.74, 6) is 0.832. The van der Waals surface area contributed by atoms with Crippen molar-refractivity contribution < 1.29 is 14.0 Å². The minimum absolute atomic E-state index is 0. The monoisotopic (exact) mass is 433 g/mol. The minimum Gasteiger partial charge on any atom is -0.444 e. The van der Waals surface area contributed by atoms with Gasteiger partial charge in [-0.1, -0.05) is 0 Å². The molecule has 0 atom stereocenters. The number of hydrogen-bond donors (Lipinski definition) is 1. The second-order valence-electron chi connectivity index (χ2n) is 6.77. The quantitative estimate of drug-likeness (QED) is 0.747. The van der Waals surface area contributed by atoms with Gasteiger partial charge < -0.3 is 19.5 Å². The van der Waals surface area contributed by atoms with E-state index in [1.54, 1.807) is 19.2 Å². The summed E-state index contributed by atoms with van der Waals surface area (Å²) < 4.78 is 5.76. The van der Waals surface area contributed by atoms with Gasteiger partial charge in [0.15, 0.2) is 10.4 Å². The highest BCUT2D eigenvalue weighted by molar-refractivity contribution is 9.10. The lowest BCUT2D eigenvalue weighted by Crippen LogP contribution is -2.48. The van der Waals surface area contributed by atoms with Crippen LogP contribution in [0.1, 0.15) is 36.2 Å². The average Bonchev–Trinajstić information content (AvgIpc) is 3.32. The number of rotatable bonds is 6. The van der Waals surface area contributed by atoms with E-state index in [9.17, 15) is 9.59 Å². The van der Waals surface area contributed by atoms with E-state index in [2.05, 4.69) is 21.2 Å². The fraction of sp³-hybridized carbons (Fsp3) is 0.647. The van der Waals surface area contributed by atoms with Gasteiger partial charge in [0.25, 0.3) is 5.91 Å². The summed E-state index contributed by atoms with van der Waals surface area (Å²) in [5, 5.41) is 3.61. The van der Waals surface area contributed by atoms with E-state index in [1.165, 1.54) is 17.7 Å². The van der Waals surface area contributed by atoms with Crippen molar-refractivity contribution in [3.63, 3.8) is 0 Å². The summed E-state index contributed by atoms with van der Waals surface area (Å²) in [4.78, 5) is 27.9. The largest absolute Gasteiger partial charge is 0.444 e. The molecule has 1 N–H and O–H groups in total. The zero-order chi connectivity index (χ0) is 17.1. The highest BCUT2D eigenvalue weighted by Gasteiger charge is 2.27. The predicted octanol–water partition coefficient (Wildman–Crippen LogP) is 2.53. The SMILES string of the molecule is CN(CC(=O)N1CCC(NCC2CC2)CC1)C(=O)c1ccc(Br)o1.Cl. The molecule has 25 heavy (non-hydrogen) atoms. The maximum Gasteiger partial charge on any atom is 0.289 e. The fourth-order valence-corrected chi connectivity index (χ4v) is 3.29. The first-order chi connectivity index (χ1) is 11.5. The normalized spacial score (nSPS) is 17.9. The molecule has 0 bridgehead atoms. The molecule has 3 rings (SSSR count). The van der Waals surface area contributed by atoms with Crippen LogP contribution in [-0.2, 0) is 4.79 Å². The van der Waals surface area contributed by atoms with Crippen LogP contribution >= 0.6 is 28.3 Å². The summed E-state index contributed by atoms with van der Waals surface area (Å²) in [6.07, 6.45) is 4.69. The van der Waals surface area contributed by atoms with Gasteiger partial charge in [-0.3, -0.25) is 9.59 Å². The number of likely N-dealkylation sites (tertiary alicyclic amines) is 1. The highest BCUT2D eigenvalue weighted by atomic mass is 79.9. The molecule has 2 heterocycles. The molecule has 6 nitrogen and oxygen atoms in total. The Morgan fingerprint density at radius 1 is 1.28 bits per heavy atom. The van der Waals surface area contributed by atoms with Crippen molar-refractivity contribution in [3.05, 3.63) is 22.6 Å². The van der Waals surface area contributed by atoms with Crippen LogP contribution in [0.3, 0.4) is 0 Å². The van der Waals surface area contributed by atoms with Gasteiger partial charge in [-0.2, -0.15) is 0 Å². The van der Waals surface area contributed by atoms with E-state index in [4.69, 9.17) is 4.42 Å². The first-order valence-electron chi connectivity index (χ1n) is 8.55.